The maximum Gasteiger partial charge on any atom is 0.411 e. The van der Waals surface area contributed by atoms with Crippen molar-refractivity contribution in [3.8, 4) is 0 Å². The molecule has 0 aliphatic heterocycles. The normalized spacial score (nSPS) is 13.7. The average molecular weight is 368 g/mol. The largest absolute Gasteiger partial charge is 0.411 e. The number of halogens is 4. The Bertz CT molecular complexity index is 406. The Kier molecular flexibility index (Phi) is 7.70. The van der Waals surface area contributed by atoms with Gasteiger partial charge in [0.2, 0.25) is 0 Å². The first-order chi connectivity index (χ1) is 9.78. The van der Waals surface area contributed by atoms with Crippen LogP contribution in [0.4, 0.5) is 13.2 Å². The minimum absolute atomic E-state index is 0.0479. The van der Waals surface area contributed by atoms with Crippen molar-refractivity contribution >= 4 is 15.9 Å². The van der Waals surface area contributed by atoms with E-state index in [9.17, 15) is 13.2 Å². The molecule has 120 valence electrons. The molecule has 0 aliphatic rings. The summed E-state index contributed by atoms with van der Waals surface area (Å²) in [5.74, 6) is 0.394. The van der Waals surface area contributed by atoms with Crippen molar-refractivity contribution in [1.82, 2.24) is 5.32 Å². The van der Waals surface area contributed by atoms with Gasteiger partial charge >= 0.3 is 6.18 Å². The molecule has 0 radical (unpaired) electrons. The predicted molar refractivity (Wildman–Crippen MR) is 81.5 cm³/mol. The van der Waals surface area contributed by atoms with Crippen molar-refractivity contribution in [1.29, 1.82) is 0 Å². The van der Waals surface area contributed by atoms with E-state index in [1.54, 1.807) is 0 Å². The number of alkyl halides is 3. The summed E-state index contributed by atoms with van der Waals surface area (Å²) in [6.45, 7) is 4.43. The summed E-state index contributed by atoms with van der Waals surface area (Å²) in [6, 6.07) is 7.58. The second-order valence-electron chi connectivity index (χ2n) is 5.43. The molecule has 0 spiro atoms. The Hall–Kier alpha value is -0.590. The van der Waals surface area contributed by atoms with E-state index in [1.165, 1.54) is 0 Å². The number of hydrogen-bond donors (Lipinski definition) is 1. The van der Waals surface area contributed by atoms with Crippen molar-refractivity contribution in [3.05, 3.63) is 34.3 Å². The van der Waals surface area contributed by atoms with Crippen LogP contribution in [0.1, 0.15) is 25.3 Å². The molecule has 0 fully saturated rings. The molecule has 21 heavy (non-hydrogen) atoms. The number of hydrogen-bond acceptors (Lipinski definition) is 2. The smallest absolute Gasteiger partial charge is 0.371 e. The number of rotatable bonds is 8. The average Bonchev–Trinajstić information content (AvgIpc) is 2.36. The second kappa shape index (κ2) is 8.76. The van der Waals surface area contributed by atoms with Crippen LogP contribution in [0.5, 0.6) is 0 Å². The second-order valence-corrected chi connectivity index (χ2v) is 6.35. The van der Waals surface area contributed by atoms with Crippen LogP contribution < -0.4 is 5.32 Å². The molecule has 6 heteroatoms. The van der Waals surface area contributed by atoms with Gasteiger partial charge < -0.3 is 10.1 Å². The molecular formula is C15H21BrF3NO. The molecule has 1 unspecified atom stereocenters. The van der Waals surface area contributed by atoms with Gasteiger partial charge in [-0.25, -0.2) is 0 Å². The van der Waals surface area contributed by atoms with Crippen LogP contribution in [0.3, 0.4) is 0 Å². The summed E-state index contributed by atoms with van der Waals surface area (Å²) in [4.78, 5) is 0. The molecule has 1 atom stereocenters. The fourth-order valence-electron chi connectivity index (χ4n) is 1.87. The van der Waals surface area contributed by atoms with E-state index in [4.69, 9.17) is 4.74 Å². The Balaban J connectivity index is 2.59. The van der Waals surface area contributed by atoms with E-state index in [-0.39, 0.29) is 12.5 Å². The van der Waals surface area contributed by atoms with Crippen LogP contribution in [0.2, 0.25) is 0 Å². The summed E-state index contributed by atoms with van der Waals surface area (Å²) in [6.07, 6.45) is -4.28. The van der Waals surface area contributed by atoms with E-state index in [2.05, 4.69) is 35.1 Å². The summed E-state index contributed by atoms with van der Waals surface area (Å²) in [5.41, 5.74) is 0.969. The van der Waals surface area contributed by atoms with E-state index >= 15 is 0 Å². The molecule has 0 aromatic heterocycles. The fraction of sp³-hybridized carbons (Fsp3) is 0.600. The quantitative estimate of drug-likeness (QED) is 0.736. The highest BCUT2D eigenvalue weighted by molar-refractivity contribution is 9.10. The van der Waals surface area contributed by atoms with Gasteiger partial charge in [0, 0.05) is 16.9 Å². The van der Waals surface area contributed by atoms with Gasteiger partial charge in [-0.2, -0.15) is 13.2 Å². The van der Waals surface area contributed by atoms with Crippen molar-refractivity contribution in [2.45, 2.75) is 25.9 Å². The molecule has 0 aliphatic carbocycles. The molecule has 0 saturated carbocycles. The van der Waals surface area contributed by atoms with Crippen LogP contribution in [-0.4, -0.2) is 32.5 Å². The first-order valence-corrected chi connectivity index (χ1v) is 7.68. The Labute approximate surface area is 132 Å². The maximum absolute atomic E-state index is 12.2. The van der Waals surface area contributed by atoms with Crippen LogP contribution in [0.25, 0.3) is 0 Å². The van der Waals surface area contributed by atoms with Crippen molar-refractivity contribution < 1.29 is 17.9 Å². The summed E-state index contributed by atoms with van der Waals surface area (Å²) < 4.78 is 42.3. The van der Waals surface area contributed by atoms with Crippen molar-refractivity contribution in [2.75, 3.05) is 26.3 Å². The molecule has 0 heterocycles. The lowest BCUT2D eigenvalue weighted by Gasteiger charge is -2.20. The highest BCUT2D eigenvalue weighted by Crippen LogP contribution is 2.21. The fourth-order valence-corrected chi connectivity index (χ4v) is 2.14. The number of benzene rings is 1. The monoisotopic (exact) mass is 367 g/mol. The van der Waals surface area contributed by atoms with Gasteiger partial charge in [-0.05, 0) is 30.2 Å². The Morgan fingerprint density at radius 2 is 1.76 bits per heavy atom. The number of nitrogens with one attached hydrogen (secondary N) is 1. The van der Waals surface area contributed by atoms with Crippen molar-refractivity contribution in [3.63, 3.8) is 0 Å². The van der Waals surface area contributed by atoms with E-state index in [0.717, 1.165) is 16.6 Å². The van der Waals surface area contributed by atoms with Gasteiger partial charge in [-0.1, -0.05) is 41.9 Å². The van der Waals surface area contributed by atoms with Crippen LogP contribution in [0, 0.1) is 5.92 Å². The zero-order valence-electron chi connectivity index (χ0n) is 12.2. The number of ether oxygens (including phenoxy) is 1. The third-order valence-electron chi connectivity index (χ3n) is 2.87. The zero-order chi connectivity index (χ0) is 15.9. The first kappa shape index (κ1) is 18.5. The highest BCUT2D eigenvalue weighted by atomic mass is 79.9. The SMILES string of the molecule is CC(C)CNCC(COCC(F)(F)F)c1ccc(Br)cc1. The minimum Gasteiger partial charge on any atom is -0.371 e. The van der Waals surface area contributed by atoms with Gasteiger partial charge in [0.1, 0.15) is 6.61 Å². The molecule has 1 rings (SSSR count). The minimum atomic E-state index is -4.28. The summed E-state index contributed by atoms with van der Waals surface area (Å²) in [5, 5.41) is 3.27. The molecule has 1 aromatic carbocycles. The standard InChI is InChI=1S/C15H21BrF3NO/c1-11(2)7-20-8-13(9-21-10-15(17,18)19)12-3-5-14(16)6-4-12/h3-6,11,13,20H,7-10H2,1-2H3. The lowest BCUT2D eigenvalue weighted by molar-refractivity contribution is -0.174. The molecule has 0 amide bonds. The Morgan fingerprint density at radius 1 is 1.14 bits per heavy atom. The van der Waals surface area contributed by atoms with Gasteiger partial charge in [0.15, 0.2) is 0 Å². The van der Waals surface area contributed by atoms with Crippen molar-refractivity contribution in [2.24, 2.45) is 5.92 Å². The van der Waals surface area contributed by atoms with Crippen LogP contribution in [0.15, 0.2) is 28.7 Å². The summed E-state index contributed by atoms with van der Waals surface area (Å²) in [7, 11) is 0. The van der Waals surface area contributed by atoms with Gasteiger partial charge in [-0.15, -0.1) is 0 Å². The lowest BCUT2D eigenvalue weighted by Crippen LogP contribution is -2.29. The Morgan fingerprint density at radius 3 is 2.29 bits per heavy atom. The van der Waals surface area contributed by atoms with Gasteiger partial charge in [0.05, 0.1) is 6.61 Å². The third kappa shape index (κ3) is 8.44. The molecule has 1 aromatic rings. The molecular weight excluding hydrogens is 347 g/mol. The van der Waals surface area contributed by atoms with Crippen LogP contribution >= 0.6 is 15.9 Å². The van der Waals surface area contributed by atoms with E-state index in [0.29, 0.717) is 12.5 Å². The molecule has 1 N–H and O–H groups in total. The maximum atomic E-state index is 12.2. The molecule has 0 saturated heterocycles. The first-order valence-electron chi connectivity index (χ1n) is 6.88. The lowest BCUT2D eigenvalue weighted by atomic mass is 10.00. The summed E-state index contributed by atoms with van der Waals surface area (Å²) >= 11 is 3.35. The van der Waals surface area contributed by atoms with E-state index in [1.807, 2.05) is 24.3 Å². The van der Waals surface area contributed by atoms with E-state index < -0.39 is 12.8 Å². The van der Waals surface area contributed by atoms with Gasteiger partial charge in [-0.3, -0.25) is 0 Å². The topological polar surface area (TPSA) is 21.3 Å². The molecule has 0 bridgehead atoms. The van der Waals surface area contributed by atoms with Crippen LogP contribution in [-0.2, 0) is 4.74 Å². The van der Waals surface area contributed by atoms with Gasteiger partial charge in [0.25, 0.3) is 0 Å². The highest BCUT2D eigenvalue weighted by Gasteiger charge is 2.28. The third-order valence-corrected chi connectivity index (χ3v) is 3.40. The molecule has 2 nitrogen and oxygen atoms in total. The predicted octanol–water partition coefficient (Wildman–Crippen LogP) is 4.36. The zero-order valence-corrected chi connectivity index (χ0v) is 13.8.